The van der Waals surface area contributed by atoms with Crippen molar-refractivity contribution >= 4 is 30.7 Å². The lowest BCUT2D eigenvalue weighted by Gasteiger charge is -2.30. The third-order valence-electron chi connectivity index (χ3n) is 3.96. The van der Waals surface area contributed by atoms with Gasteiger partial charge < -0.3 is 10.2 Å². The highest BCUT2D eigenvalue weighted by molar-refractivity contribution is 5.85. The van der Waals surface area contributed by atoms with Crippen LogP contribution in [-0.4, -0.2) is 69.7 Å². The van der Waals surface area contributed by atoms with Crippen molar-refractivity contribution in [2.24, 2.45) is 0 Å². The Labute approximate surface area is 143 Å². The smallest absolute Gasteiger partial charge is 0.223 e. The second-order valence-corrected chi connectivity index (χ2v) is 5.46. The number of fused-ring (bicyclic) bond motifs is 1. The summed E-state index contributed by atoms with van der Waals surface area (Å²) < 4.78 is 1.98. The Balaban J connectivity index is 0.00000121. The fraction of sp³-hybridized carbons (Fsp3) is 0.769. The molecule has 3 heterocycles. The van der Waals surface area contributed by atoms with Gasteiger partial charge >= 0.3 is 0 Å². The van der Waals surface area contributed by atoms with Gasteiger partial charge in [-0.1, -0.05) is 0 Å². The second-order valence-electron chi connectivity index (χ2n) is 5.46. The zero-order chi connectivity index (χ0) is 13.9. The Kier molecular flexibility index (Phi) is 7.55. The van der Waals surface area contributed by atoms with Crippen LogP contribution in [-0.2, 0) is 17.9 Å². The quantitative estimate of drug-likeness (QED) is 0.835. The van der Waals surface area contributed by atoms with Crippen LogP contribution in [0, 0.1) is 6.92 Å². The maximum absolute atomic E-state index is 12.1. The molecule has 0 atom stereocenters. The molecule has 0 aliphatic carbocycles. The van der Waals surface area contributed by atoms with Crippen LogP contribution in [0.1, 0.15) is 18.1 Å². The van der Waals surface area contributed by atoms with Crippen LogP contribution in [0.3, 0.4) is 0 Å². The Morgan fingerprint density at radius 2 is 1.91 bits per heavy atom. The van der Waals surface area contributed by atoms with E-state index in [0.29, 0.717) is 6.42 Å². The summed E-state index contributed by atoms with van der Waals surface area (Å²) in [5.74, 6) is 2.12. The number of nitrogens with zero attached hydrogens (tertiary/aromatic N) is 5. The average Bonchev–Trinajstić information content (AvgIpc) is 2.85. The molecule has 0 spiro atoms. The Bertz CT molecular complexity index is 489. The first-order valence-electron chi connectivity index (χ1n) is 7.33. The van der Waals surface area contributed by atoms with E-state index in [0.717, 1.165) is 64.0 Å². The molecule has 1 aromatic rings. The number of nitrogens with one attached hydrogen (secondary N) is 1. The molecule has 2 aliphatic heterocycles. The molecule has 2 aliphatic rings. The molecular formula is C13H24Cl2N6O. The topological polar surface area (TPSA) is 66.3 Å². The van der Waals surface area contributed by atoms with E-state index in [9.17, 15) is 4.79 Å². The first kappa shape index (κ1) is 19.2. The lowest BCUT2D eigenvalue weighted by molar-refractivity contribution is -0.132. The molecule has 22 heavy (non-hydrogen) atoms. The van der Waals surface area contributed by atoms with Gasteiger partial charge in [0.1, 0.15) is 11.6 Å². The number of hydrogen-bond acceptors (Lipinski definition) is 5. The molecule has 0 unspecified atom stereocenters. The predicted octanol–water partition coefficient (Wildman–Crippen LogP) is 0.0676. The first-order valence-corrected chi connectivity index (χ1v) is 7.33. The van der Waals surface area contributed by atoms with Crippen LogP contribution < -0.4 is 5.32 Å². The number of piperazine rings is 1. The van der Waals surface area contributed by atoms with Crippen molar-refractivity contribution in [1.29, 1.82) is 0 Å². The van der Waals surface area contributed by atoms with Gasteiger partial charge in [0, 0.05) is 45.7 Å². The van der Waals surface area contributed by atoms with E-state index in [1.807, 2.05) is 16.5 Å². The third kappa shape index (κ3) is 4.55. The molecule has 1 amide bonds. The second kappa shape index (κ2) is 8.67. The normalized spacial score (nSPS) is 18.1. The highest BCUT2D eigenvalue weighted by Gasteiger charge is 2.21. The summed E-state index contributed by atoms with van der Waals surface area (Å²) in [6, 6.07) is 0. The third-order valence-corrected chi connectivity index (χ3v) is 3.96. The van der Waals surface area contributed by atoms with Gasteiger partial charge in [0.2, 0.25) is 5.91 Å². The van der Waals surface area contributed by atoms with Crippen LogP contribution >= 0.6 is 24.8 Å². The SMILES string of the molecule is Cc1nc2n(n1)CCN(CCC(=O)N1CCNCC1)C2.Cl.Cl. The van der Waals surface area contributed by atoms with Crippen LogP contribution in [0.15, 0.2) is 0 Å². The molecule has 3 rings (SSSR count). The van der Waals surface area contributed by atoms with E-state index in [1.54, 1.807) is 0 Å². The van der Waals surface area contributed by atoms with E-state index < -0.39 is 0 Å². The predicted molar refractivity (Wildman–Crippen MR) is 88.6 cm³/mol. The number of hydrogen-bond donors (Lipinski definition) is 1. The molecule has 0 bridgehead atoms. The number of amides is 1. The number of aryl methyl sites for hydroxylation is 1. The van der Waals surface area contributed by atoms with E-state index in [2.05, 4.69) is 20.3 Å². The molecule has 0 aromatic carbocycles. The van der Waals surface area contributed by atoms with Gasteiger partial charge in [-0.3, -0.25) is 9.69 Å². The molecule has 0 radical (unpaired) electrons. The van der Waals surface area contributed by atoms with Crippen molar-refractivity contribution in [1.82, 2.24) is 29.9 Å². The van der Waals surface area contributed by atoms with Crippen LogP contribution in [0.25, 0.3) is 0 Å². The molecule has 1 saturated heterocycles. The standard InChI is InChI=1S/C13H22N6O.2ClH/c1-11-15-12-10-17(8-9-19(12)16-11)5-2-13(20)18-6-3-14-4-7-18;;/h14H,2-10H2,1H3;2*1H. The minimum absolute atomic E-state index is 0. The summed E-state index contributed by atoms with van der Waals surface area (Å²) in [4.78, 5) is 20.8. The zero-order valence-electron chi connectivity index (χ0n) is 12.8. The number of rotatable bonds is 3. The molecule has 7 nitrogen and oxygen atoms in total. The van der Waals surface area contributed by atoms with Crippen LogP contribution in [0.4, 0.5) is 0 Å². The van der Waals surface area contributed by atoms with Gasteiger partial charge in [-0.05, 0) is 6.92 Å². The average molecular weight is 351 g/mol. The largest absolute Gasteiger partial charge is 0.340 e. The van der Waals surface area contributed by atoms with Gasteiger partial charge in [-0.15, -0.1) is 24.8 Å². The lowest BCUT2D eigenvalue weighted by Crippen LogP contribution is -2.47. The number of carbonyl (C=O) groups excluding carboxylic acids is 1. The van der Waals surface area contributed by atoms with E-state index in [4.69, 9.17) is 0 Å². The molecule has 1 aromatic heterocycles. The maximum atomic E-state index is 12.1. The first-order chi connectivity index (χ1) is 9.72. The van der Waals surface area contributed by atoms with Crippen molar-refractivity contribution in [2.45, 2.75) is 26.4 Å². The van der Waals surface area contributed by atoms with Gasteiger partial charge in [0.25, 0.3) is 0 Å². The maximum Gasteiger partial charge on any atom is 0.223 e. The Hall–Kier alpha value is -0.890. The van der Waals surface area contributed by atoms with Crippen LogP contribution in [0.2, 0.25) is 0 Å². The Morgan fingerprint density at radius 1 is 1.18 bits per heavy atom. The summed E-state index contributed by atoms with van der Waals surface area (Å²) in [6.07, 6.45) is 0.604. The Morgan fingerprint density at radius 3 is 2.64 bits per heavy atom. The molecule has 9 heteroatoms. The van der Waals surface area contributed by atoms with Crippen LogP contribution in [0.5, 0.6) is 0 Å². The highest BCUT2D eigenvalue weighted by atomic mass is 35.5. The lowest BCUT2D eigenvalue weighted by atomic mass is 10.2. The molecule has 1 fully saturated rings. The summed E-state index contributed by atoms with van der Waals surface area (Å²) in [7, 11) is 0. The molecular weight excluding hydrogens is 327 g/mol. The highest BCUT2D eigenvalue weighted by Crippen LogP contribution is 2.10. The van der Waals surface area contributed by atoms with Gasteiger partial charge in [0.05, 0.1) is 13.1 Å². The van der Waals surface area contributed by atoms with E-state index in [-0.39, 0.29) is 30.7 Å². The molecule has 1 N–H and O–H groups in total. The summed E-state index contributed by atoms with van der Waals surface area (Å²) in [5, 5.41) is 7.62. The zero-order valence-corrected chi connectivity index (χ0v) is 14.5. The van der Waals surface area contributed by atoms with Gasteiger partial charge in [0.15, 0.2) is 0 Å². The number of aromatic nitrogens is 3. The minimum Gasteiger partial charge on any atom is -0.340 e. The number of carbonyl (C=O) groups is 1. The van der Waals surface area contributed by atoms with E-state index >= 15 is 0 Å². The van der Waals surface area contributed by atoms with E-state index in [1.165, 1.54) is 0 Å². The fourth-order valence-electron chi connectivity index (χ4n) is 2.83. The van der Waals surface area contributed by atoms with Crippen molar-refractivity contribution in [3.8, 4) is 0 Å². The molecule has 126 valence electrons. The van der Waals surface area contributed by atoms with Gasteiger partial charge in [-0.2, -0.15) is 5.10 Å². The minimum atomic E-state index is 0. The fourth-order valence-corrected chi connectivity index (χ4v) is 2.83. The summed E-state index contributed by atoms with van der Waals surface area (Å²) >= 11 is 0. The summed E-state index contributed by atoms with van der Waals surface area (Å²) in [6.45, 7) is 8.87. The van der Waals surface area contributed by atoms with Crippen molar-refractivity contribution < 1.29 is 4.79 Å². The number of halogens is 2. The summed E-state index contributed by atoms with van der Waals surface area (Å²) in [5.41, 5.74) is 0. The monoisotopic (exact) mass is 350 g/mol. The van der Waals surface area contributed by atoms with Crippen molar-refractivity contribution in [3.05, 3.63) is 11.6 Å². The van der Waals surface area contributed by atoms with Gasteiger partial charge in [-0.25, -0.2) is 9.67 Å². The van der Waals surface area contributed by atoms with Crippen molar-refractivity contribution in [3.63, 3.8) is 0 Å². The van der Waals surface area contributed by atoms with Crippen molar-refractivity contribution in [2.75, 3.05) is 39.3 Å². The molecule has 0 saturated carbocycles.